The van der Waals surface area contributed by atoms with Crippen molar-refractivity contribution in [1.29, 1.82) is 0 Å². The van der Waals surface area contributed by atoms with Gasteiger partial charge in [0.05, 0.1) is 24.4 Å². The fourth-order valence-electron chi connectivity index (χ4n) is 3.78. The number of carbonyl (C=O) groups is 1. The summed E-state index contributed by atoms with van der Waals surface area (Å²) in [6, 6.07) is 5.64. The van der Waals surface area contributed by atoms with E-state index < -0.39 is 5.97 Å². The Morgan fingerprint density at radius 3 is 2.70 bits per heavy atom. The third-order valence-corrected chi connectivity index (χ3v) is 5.64. The highest BCUT2D eigenvalue weighted by Gasteiger charge is 2.29. The average Bonchev–Trinajstić information content (AvgIpc) is 2.74. The standard InChI is InChI=1S/C22H27ClN2O5/c1-13(2)19-8-14-9-21(30-7-5-6-28-3)17(23)10-15(14)20-11-18(24-27)16(12-25(19)20)22(26)29-4/h9-13,19,27H,5-8H2,1-4H3. The van der Waals surface area contributed by atoms with Gasteiger partial charge in [-0.1, -0.05) is 30.6 Å². The van der Waals surface area contributed by atoms with E-state index in [1.54, 1.807) is 19.4 Å². The molecule has 0 spiro atoms. The zero-order valence-electron chi connectivity index (χ0n) is 17.6. The number of hydrogen-bond acceptors (Lipinski definition) is 6. The Morgan fingerprint density at radius 2 is 2.07 bits per heavy atom. The third kappa shape index (κ3) is 4.32. The number of rotatable bonds is 7. The molecule has 1 N–H and O–H groups in total. The minimum absolute atomic E-state index is 0.103. The van der Waals surface area contributed by atoms with Crippen LogP contribution in [0.2, 0.25) is 5.02 Å². The van der Waals surface area contributed by atoms with E-state index in [1.165, 1.54) is 7.11 Å². The van der Waals surface area contributed by atoms with E-state index in [9.17, 15) is 10.0 Å². The van der Waals surface area contributed by atoms with E-state index in [0.717, 1.165) is 29.7 Å². The van der Waals surface area contributed by atoms with Crippen LogP contribution in [-0.2, 0) is 15.9 Å². The molecule has 1 unspecified atom stereocenters. The van der Waals surface area contributed by atoms with E-state index in [2.05, 4.69) is 19.0 Å². The average molecular weight is 435 g/mol. The molecule has 0 radical (unpaired) electrons. The Balaban J connectivity index is 2.11. The smallest absolute Gasteiger partial charge is 0.341 e. The number of esters is 1. The largest absolute Gasteiger partial charge is 0.492 e. The van der Waals surface area contributed by atoms with Gasteiger partial charge in [0.25, 0.3) is 0 Å². The van der Waals surface area contributed by atoms with Gasteiger partial charge in [-0.25, -0.2) is 4.79 Å². The molecule has 0 saturated carbocycles. The number of ether oxygens (including phenoxy) is 3. The monoisotopic (exact) mass is 434 g/mol. The van der Waals surface area contributed by atoms with Crippen LogP contribution in [0.5, 0.6) is 5.75 Å². The molecule has 1 aliphatic heterocycles. The van der Waals surface area contributed by atoms with Gasteiger partial charge in [0.15, 0.2) is 0 Å². The summed E-state index contributed by atoms with van der Waals surface area (Å²) in [6.07, 6.45) is 3.23. The van der Waals surface area contributed by atoms with E-state index >= 15 is 0 Å². The highest BCUT2D eigenvalue weighted by Crippen LogP contribution is 2.41. The summed E-state index contributed by atoms with van der Waals surface area (Å²) in [7, 11) is 2.96. The predicted octanol–water partition coefficient (Wildman–Crippen LogP) is 4.05. The molecule has 2 heterocycles. The molecule has 8 heteroatoms. The molecule has 7 nitrogen and oxygen atoms in total. The number of hydrogen-bond donors (Lipinski definition) is 1. The quantitative estimate of drug-likeness (QED) is 0.307. The maximum absolute atomic E-state index is 12.2. The molecule has 162 valence electrons. The lowest BCUT2D eigenvalue weighted by Crippen LogP contribution is -2.29. The van der Waals surface area contributed by atoms with Crippen molar-refractivity contribution in [3.63, 3.8) is 0 Å². The van der Waals surface area contributed by atoms with Gasteiger partial charge in [0.2, 0.25) is 0 Å². The Hall–Kier alpha value is -2.51. The molecular formula is C22H27ClN2O5. The molecule has 0 aliphatic carbocycles. The van der Waals surface area contributed by atoms with Gasteiger partial charge in [-0.2, -0.15) is 0 Å². The lowest BCUT2D eigenvalue weighted by Gasteiger charge is -2.34. The van der Waals surface area contributed by atoms with Gasteiger partial charge < -0.3 is 24.0 Å². The number of aromatic nitrogens is 1. The highest BCUT2D eigenvalue weighted by atomic mass is 35.5. The molecule has 1 aliphatic rings. The maximum atomic E-state index is 12.2. The number of pyridine rings is 1. The van der Waals surface area contributed by atoms with Gasteiger partial charge in [-0.3, -0.25) is 0 Å². The van der Waals surface area contributed by atoms with Crippen LogP contribution in [0.1, 0.15) is 42.2 Å². The molecule has 1 aromatic carbocycles. The highest BCUT2D eigenvalue weighted by molar-refractivity contribution is 6.32. The lowest BCUT2D eigenvalue weighted by molar-refractivity contribution is 0.0596. The molecule has 1 aromatic heterocycles. The van der Waals surface area contributed by atoms with Crippen LogP contribution >= 0.6 is 11.6 Å². The first-order valence-corrected chi connectivity index (χ1v) is 10.3. The van der Waals surface area contributed by atoms with Crippen molar-refractivity contribution in [3.05, 3.63) is 45.9 Å². The van der Waals surface area contributed by atoms with Crippen molar-refractivity contribution in [3.8, 4) is 17.0 Å². The Morgan fingerprint density at radius 1 is 1.30 bits per heavy atom. The van der Waals surface area contributed by atoms with E-state index in [4.69, 9.17) is 25.8 Å². The lowest BCUT2D eigenvalue weighted by atomic mass is 9.87. The second-order valence-corrected chi connectivity index (χ2v) is 8.01. The number of nitrogens with zero attached hydrogens (tertiary/aromatic N) is 2. The van der Waals surface area contributed by atoms with Crippen LogP contribution in [0, 0.1) is 5.92 Å². The summed E-state index contributed by atoms with van der Waals surface area (Å²) < 4.78 is 17.8. The molecule has 0 amide bonds. The van der Waals surface area contributed by atoms with Crippen molar-refractivity contribution in [2.24, 2.45) is 11.1 Å². The van der Waals surface area contributed by atoms with E-state index in [0.29, 0.717) is 29.9 Å². The van der Waals surface area contributed by atoms with Crippen LogP contribution in [0.4, 0.5) is 0 Å². The number of fused-ring (bicyclic) bond motifs is 3. The molecule has 0 bridgehead atoms. The second kappa shape index (κ2) is 9.53. The molecule has 2 aromatic rings. The summed E-state index contributed by atoms with van der Waals surface area (Å²) in [5.41, 5.74) is 3.04. The zero-order valence-corrected chi connectivity index (χ0v) is 18.4. The predicted molar refractivity (Wildman–Crippen MR) is 113 cm³/mol. The molecule has 0 saturated heterocycles. The van der Waals surface area contributed by atoms with Gasteiger partial charge >= 0.3 is 5.97 Å². The van der Waals surface area contributed by atoms with Gasteiger partial charge in [-0.05, 0) is 36.1 Å². The van der Waals surface area contributed by atoms with Crippen LogP contribution in [0.25, 0.3) is 11.3 Å². The first-order chi connectivity index (χ1) is 14.4. The van der Waals surface area contributed by atoms with Crippen molar-refractivity contribution >= 4 is 17.6 Å². The molecule has 0 fully saturated rings. The minimum Gasteiger partial charge on any atom is -0.492 e. The fraction of sp³-hybridized carbons (Fsp3) is 0.455. The second-order valence-electron chi connectivity index (χ2n) is 7.61. The van der Waals surface area contributed by atoms with Crippen molar-refractivity contribution in [2.45, 2.75) is 32.7 Å². The number of carbonyl (C=O) groups excluding carboxylic acids is 1. The van der Waals surface area contributed by atoms with Gasteiger partial charge in [-0.15, -0.1) is 0 Å². The first-order valence-electron chi connectivity index (χ1n) is 9.88. The van der Waals surface area contributed by atoms with Crippen LogP contribution < -0.4 is 10.1 Å². The molecular weight excluding hydrogens is 408 g/mol. The van der Waals surface area contributed by atoms with Crippen molar-refractivity contribution < 1.29 is 24.2 Å². The zero-order chi connectivity index (χ0) is 21.8. The normalized spacial score (nSPS) is 15.7. The Labute approximate surface area is 180 Å². The summed E-state index contributed by atoms with van der Waals surface area (Å²) in [4.78, 5) is 12.2. The van der Waals surface area contributed by atoms with Crippen molar-refractivity contribution in [1.82, 2.24) is 4.57 Å². The number of methoxy groups -OCH3 is 2. The molecule has 1 atom stereocenters. The summed E-state index contributed by atoms with van der Waals surface area (Å²) in [5, 5.41) is 13.4. The summed E-state index contributed by atoms with van der Waals surface area (Å²) in [5.74, 6) is 0.385. The minimum atomic E-state index is -0.552. The maximum Gasteiger partial charge on any atom is 0.341 e. The first kappa shape index (κ1) is 22.2. The topological polar surface area (TPSA) is 82.3 Å². The number of halogens is 1. The van der Waals surface area contributed by atoms with Crippen LogP contribution in [0.15, 0.2) is 29.6 Å². The number of benzene rings is 1. The third-order valence-electron chi connectivity index (χ3n) is 5.35. The Bertz CT molecular complexity index is 1000. The molecule has 3 rings (SSSR count). The van der Waals surface area contributed by atoms with Crippen molar-refractivity contribution in [2.75, 3.05) is 27.4 Å². The summed E-state index contributed by atoms with van der Waals surface area (Å²) in [6.45, 7) is 5.40. The fourth-order valence-corrected chi connectivity index (χ4v) is 4.00. The summed E-state index contributed by atoms with van der Waals surface area (Å²) >= 11 is 6.50. The SMILES string of the molecule is COCCCOc1cc2c(cc1Cl)-c1cc(=NO)c(C(=O)OC)cn1C(C(C)C)C2. The van der Waals surface area contributed by atoms with E-state index in [1.807, 2.05) is 16.7 Å². The van der Waals surface area contributed by atoms with Crippen LogP contribution in [0.3, 0.4) is 0 Å². The molecule has 30 heavy (non-hydrogen) atoms. The van der Waals surface area contributed by atoms with Gasteiger partial charge in [0.1, 0.15) is 16.7 Å². The Kier molecular flexibility index (Phi) is 7.05. The van der Waals surface area contributed by atoms with E-state index in [-0.39, 0.29) is 17.0 Å². The van der Waals surface area contributed by atoms with Crippen LogP contribution in [-0.4, -0.2) is 43.2 Å². The van der Waals surface area contributed by atoms with Gasteiger partial charge in [0, 0.05) is 37.9 Å².